The van der Waals surface area contributed by atoms with Gasteiger partial charge in [0.2, 0.25) is 0 Å². The van der Waals surface area contributed by atoms with Crippen LogP contribution < -0.4 is 15.4 Å². The molecular formula is C21H19N3O4. The summed E-state index contributed by atoms with van der Waals surface area (Å²) >= 11 is 0. The predicted octanol–water partition coefficient (Wildman–Crippen LogP) is 3.87. The first kappa shape index (κ1) is 18.9. The summed E-state index contributed by atoms with van der Waals surface area (Å²) in [6.45, 7) is 0. The number of nitrogens with zero attached hydrogens (tertiary/aromatic N) is 1. The Hall–Kier alpha value is -3.87. The first-order valence-corrected chi connectivity index (χ1v) is 8.47. The number of hydrogen-bond donors (Lipinski definition) is 2. The van der Waals surface area contributed by atoms with Gasteiger partial charge >= 0.3 is 5.97 Å². The first-order chi connectivity index (χ1) is 13.6. The van der Waals surface area contributed by atoms with Gasteiger partial charge in [0.15, 0.2) is 0 Å². The molecule has 0 aliphatic carbocycles. The lowest BCUT2D eigenvalue weighted by molar-refractivity contribution is 0.0602. The van der Waals surface area contributed by atoms with Gasteiger partial charge in [-0.2, -0.15) is 0 Å². The lowest BCUT2D eigenvalue weighted by Gasteiger charge is -2.11. The van der Waals surface area contributed by atoms with Crippen molar-refractivity contribution >= 4 is 28.9 Å². The molecule has 0 radical (unpaired) electrons. The van der Waals surface area contributed by atoms with Gasteiger partial charge in [0, 0.05) is 0 Å². The first-order valence-electron chi connectivity index (χ1n) is 8.47. The van der Waals surface area contributed by atoms with Crippen molar-refractivity contribution in [2.24, 2.45) is 0 Å². The number of methoxy groups -OCH3 is 2. The molecule has 3 aromatic rings. The van der Waals surface area contributed by atoms with Crippen LogP contribution in [0.5, 0.6) is 5.75 Å². The predicted molar refractivity (Wildman–Crippen MR) is 106 cm³/mol. The minimum atomic E-state index is -0.528. The van der Waals surface area contributed by atoms with Gasteiger partial charge in [-0.15, -0.1) is 0 Å². The molecule has 0 saturated heterocycles. The molecule has 0 aliphatic rings. The van der Waals surface area contributed by atoms with Crippen molar-refractivity contribution in [3.63, 3.8) is 0 Å². The molecule has 142 valence electrons. The number of amides is 1. The molecule has 0 unspecified atom stereocenters. The topological polar surface area (TPSA) is 89.5 Å². The number of pyridine rings is 1. The monoisotopic (exact) mass is 377 g/mol. The van der Waals surface area contributed by atoms with Crippen LogP contribution in [-0.2, 0) is 4.74 Å². The van der Waals surface area contributed by atoms with Gasteiger partial charge in [0.05, 0.1) is 43.0 Å². The molecule has 0 bridgehead atoms. The second-order valence-electron chi connectivity index (χ2n) is 5.75. The molecule has 7 nitrogen and oxygen atoms in total. The van der Waals surface area contributed by atoms with Gasteiger partial charge in [-0.25, -0.2) is 9.78 Å². The number of nitrogens with one attached hydrogen (secondary N) is 2. The summed E-state index contributed by atoms with van der Waals surface area (Å²) in [7, 11) is 2.88. The Kier molecular flexibility index (Phi) is 5.86. The minimum absolute atomic E-state index is 0.213. The number of ether oxygens (including phenoxy) is 2. The summed E-state index contributed by atoms with van der Waals surface area (Å²) < 4.78 is 10.0. The average Bonchev–Trinajstić information content (AvgIpc) is 2.74. The Morgan fingerprint density at radius 2 is 1.61 bits per heavy atom. The van der Waals surface area contributed by atoms with Crippen LogP contribution in [-0.4, -0.2) is 31.1 Å². The van der Waals surface area contributed by atoms with E-state index in [9.17, 15) is 9.59 Å². The van der Waals surface area contributed by atoms with E-state index in [1.165, 1.54) is 7.11 Å². The average molecular weight is 377 g/mol. The highest BCUT2D eigenvalue weighted by Gasteiger charge is 2.15. The van der Waals surface area contributed by atoms with Crippen LogP contribution in [0, 0.1) is 0 Å². The van der Waals surface area contributed by atoms with Crippen LogP contribution in [0.15, 0.2) is 66.9 Å². The normalized spacial score (nSPS) is 10.1. The van der Waals surface area contributed by atoms with E-state index in [4.69, 9.17) is 9.47 Å². The van der Waals surface area contributed by atoms with Crippen molar-refractivity contribution in [1.29, 1.82) is 0 Å². The van der Waals surface area contributed by atoms with Crippen molar-refractivity contribution in [2.75, 3.05) is 24.9 Å². The van der Waals surface area contributed by atoms with Gasteiger partial charge in [-0.05, 0) is 36.4 Å². The summed E-state index contributed by atoms with van der Waals surface area (Å²) in [6.07, 6.45) is 1.55. The third kappa shape index (κ3) is 4.27. The zero-order valence-electron chi connectivity index (χ0n) is 15.4. The number of benzene rings is 2. The molecule has 7 heteroatoms. The molecule has 3 rings (SSSR count). The highest BCUT2D eigenvalue weighted by molar-refractivity contribution is 6.07. The maximum atomic E-state index is 12.5. The van der Waals surface area contributed by atoms with Gasteiger partial charge in [-0.3, -0.25) is 4.79 Å². The Labute approximate surface area is 162 Å². The van der Waals surface area contributed by atoms with Crippen molar-refractivity contribution in [1.82, 2.24) is 4.98 Å². The van der Waals surface area contributed by atoms with Gasteiger partial charge in [0.25, 0.3) is 5.91 Å². The van der Waals surface area contributed by atoms with E-state index >= 15 is 0 Å². The quantitative estimate of drug-likeness (QED) is 0.634. The van der Waals surface area contributed by atoms with Crippen LogP contribution in [0.25, 0.3) is 0 Å². The molecule has 1 amide bonds. The molecule has 1 aromatic heterocycles. The lowest BCUT2D eigenvalue weighted by atomic mass is 10.1. The number of esters is 1. The zero-order valence-corrected chi connectivity index (χ0v) is 15.4. The van der Waals surface area contributed by atoms with Gasteiger partial charge < -0.3 is 20.1 Å². The van der Waals surface area contributed by atoms with Gasteiger partial charge in [-0.1, -0.05) is 24.3 Å². The van der Waals surface area contributed by atoms with Crippen LogP contribution in [0.3, 0.4) is 0 Å². The maximum Gasteiger partial charge on any atom is 0.339 e. The van der Waals surface area contributed by atoms with Crippen LogP contribution in [0.2, 0.25) is 0 Å². The zero-order chi connectivity index (χ0) is 19.9. The number of anilines is 3. The fraction of sp³-hybridized carbons (Fsp3) is 0.0952. The Bertz CT molecular complexity index is 987. The molecule has 0 fully saturated rings. The van der Waals surface area contributed by atoms with Crippen molar-refractivity contribution in [3.8, 4) is 5.75 Å². The standard InChI is InChI=1S/C21H19N3O4/c1-27-19-10-6-5-9-17(19)23-14-11-12-18(22-13-14)20(25)24-16-8-4-3-7-15(16)21(26)28-2/h3-13,23H,1-2H3,(H,24,25). The maximum absolute atomic E-state index is 12.5. The SMILES string of the molecule is COC(=O)c1ccccc1NC(=O)c1ccc(Nc2ccccc2OC)cn1. The van der Waals surface area contributed by atoms with E-state index in [-0.39, 0.29) is 11.3 Å². The van der Waals surface area contributed by atoms with Gasteiger partial charge in [0.1, 0.15) is 11.4 Å². The van der Waals surface area contributed by atoms with Crippen LogP contribution in [0.4, 0.5) is 17.1 Å². The lowest BCUT2D eigenvalue weighted by Crippen LogP contribution is -2.16. The molecular weight excluding hydrogens is 358 g/mol. The molecule has 0 spiro atoms. The highest BCUT2D eigenvalue weighted by Crippen LogP contribution is 2.26. The van der Waals surface area contributed by atoms with Crippen molar-refractivity contribution in [3.05, 3.63) is 78.1 Å². The molecule has 0 saturated carbocycles. The summed E-state index contributed by atoms with van der Waals surface area (Å²) in [6, 6.07) is 17.4. The summed E-state index contributed by atoms with van der Waals surface area (Å²) in [5, 5.41) is 5.88. The number of hydrogen-bond acceptors (Lipinski definition) is 6. The number of carbonyl (C=O) groups excluding carboxylic acids is 2. The molecule has 2 N–H and O–H groups in total. The fourth-order valence-corrected chi connectivity index (χ4v) is 2.57. The Morgan fingerprint density at radius 3 is 2.29 bits per heavy atom. The molecule has 0 aliphatic heterocycles. The van der Waals surface area contributed by atoms with Crippen LogP contribution >= 0.6 is 0 Å². The van der Waals surface area contributed by atoms with Crippen molar-refractivity contribution in [2.45, 2.75) is 0 Å². The molecule has 0 atom stereocenters. The van der Waals surface area contributed by atoms with E-state index in [0.29, 0.717) is 17.1 Å². The smallest absolute Gasteiger partial charge is 0.339 e. The number of carbonyl (C=O) groups is 2. The number of rotatable bonds is 6. The Balaban J connectivity index is 1.73. The van der Waals surface area contributed by atoms with E-state index in [1.807, 2.05) is 24.3 Å². The second-order valence-corrected chi connectivity index (χ2v) is 5.75. The van der Waals surface area contributed by atoms with E-state index in [0.717, 1.165) is 5.69 Å². The minimum Gasteiger partial charge on any atom is -0.495 e. The molecule has 1 heterocycles. The van der Waals surface area contributed by atoms with Crippen molar-refractivity contribution < 1.29 is 19.1 Å². The number of para-hydroxylation sites is 3. The van der Waals surface area contributed by atoms with E-state index in [2.05, 4.69) is 15.6 Å². The highest BCUT2D eigenvalue weighted by atomic mass is 16.5. The summed E-state index contributed by atoms with van der Waals surface area (Å²) in [5.74, 6) is -0.260. The Morgan fingerprint density at radius 1 is 0.893 bits per heavy atom. The summed E-state index contributed by atoms with van der Waals surface area (Å²) in [4.78, 5) is 28.5. The van der Waals surface area contributed by atoms with E-state index < -0.39 is 11.9 Å². The summed E-state index contributed by atoms with van der Waals surface area (Å²) in [5.41, 5.74) is 2.34. The third-order valence-electron chi connectivity index (χ3n) is 3.96. The third-order valence-corrected chi connectivity index (χ3v) is 3.96. The number of aromatic nitrogens is 1. The molecule has 28 heavy (non-hydrogen) atoms. The molecule has 2 aromatic carbocycles. The largest absolute Gasteiger partial charge is 0.495 e. The fourth-order valence-electron chi connectivity index (χ4n) is 2.57. The van der Waals surface area contributed by atoms with E-state index in [1.54, 1.807) is 49.7 Å². The second kappa shape index (κ2) is 8.68. The van der Waals surface area contributed by atoms with Crippen LogP contribution in [0.1, 0.15) is 20.8 Å².